The molecule has 0 aliphatic rings. The van der Waals surface area contributed by atoms with Crippen LogP contribution >= 0.6 is 0 Å². The molecule has 1 unspecified atom stereocenters. The van der Waals surface area contributed by atoms with E-state index in [1.807, 2.05) is 20.0 Å². The summed E-state index contributed by atoms with van der Waals surface area (Å²) in [6.07, 6.45) is 0.0725. The van der Waals surface area contributed by atoms with Crippen molar-refractivity contribution in [1.29, 1.82) is 0 Å². The predicted octanol–water partition coefficient (Wildman–Crippen LogP) is 2.13. The molecule has 1 N–H and O–H groups in total. The lowest BCUT2D eigenvalue weighted by molar-refractivity contribution is 0.0913. The number of rotatable bonds is 6. The first-order valence-corrected chi connectivity index (χ1v) is 5.57. The third kappa shape index (κ3) is 3.83. The number of hydrogen-bond acceptors (Lipinski definition) is 3. The van der Waals surface area contributed by atoms with E-state index in [4.69, 9.17) is 9.47 Å². The van der Waals surface area contributed by atoms with E-state index in [1.165, 1.54) is 11.1 Å². The van der Waals surface area contributed by atoms with Crippen molar-refractivity contribution in [1.82, 2.24) is 5.32 Å². The van der Waals surface area contributed by atoms with Crippen molar-refractivity contribution in [2.45, 2.75) is 26.5 Å². The normalized spacial score (nSPS) is 12.5. The second kappa shape index (κ2) is 6.51. The molecule has 1 atom stereocenters. The SMILES string of the molecule is CNCc1cc(C)ccc1OC(C)COC. The highest BCUT2D eigenvalue weighted by molar-refractivity contribution is 5.37. The van der Waals surface area contributed by atoms with Crippen molar-refractivity contribution in [3.8, 4) is 5.75 Å². The van der Waals surface area contributed by atoms with Crippen LogP contribution in [0.15, 0.2) is 18.2 Å². The minimum absolute atomic E-state index is 0.0725. The van der Waals surface area contributed by atoms with Gasteiger partial charge in [-0.1, -0.05) is 17.7 Å². The molecule has 0 heterocycles. The third-order valence-electron chi connectivity index (χ3n) is 2.31. The van der Waals surface area contributed by atoms with Crippen LogP contribution in [0.5, 0.6) is 5.75 Å². The highest BCUT2D eigenvalue weighted by Gasteiger charge is 2.07. The molecule has 16 heavy (non-hydrogen) atoms. The Hall–Kier alpha value is -1.06. The Kier molecular flexibility index (Phi) is 5.29. The molecule has 1 aromatic carbocycles. The Labute approximate surface area is 97.8 Å². The van der Waals surface area contributed by atoms with Crippen molar-refractivity contribution in [3.63, 3.8) is 0 Å². The van der Waals surface area contributed by atoms with E-state index in [9.17, 15) is 0 Å². The predicted molar refractivity (Wildman–Crippen MR) is 65.9 cm³/mol. The first kappa shape index (κ1) is 13.0. The standard InChI is InChI=1S/C13H21NO2/c1-10-5-6-13(12(7-10)8-14-3)16-11(2)9-15-4/h5-7,11,14H,8-9H2,1-4H3. The minimum atomic E-state index is 0.0725. The van der Waals surface area contributed by atoms with Crippen LogP contribution in [0, 0.1) is 6.92 Å². The molecule has 0 fully saturated rings. The highest BCUT2D eigenvalue weighted by atomic mass is 16.5. The van der Waals surface area contributed by atoms with E-state index < -0.39 is 0 Å². The fourth-order valence-corrected chi connectivity index (χ4v) is 1.64. The van der Waals surface area contributed by atoms with E-state index in [0.29, 0.717) is 6.61 Å². The molecule has 0 radical (unpaired) electrons. The Morgan fingerprint density at radius 1 is 1.38 bits per heavy atom. The lowest BCUT2D eigenvalue weighted by Crippen LogP contribution is -2.19. The number of ether oxygens (including phenoxy) is 2. The van der Waals surface area contributed by atoms with E-state index >= 15 is 0 Å². The van der Waals surface area contributed by atoms with Gasteiger partial charge in [0.25, 0.3) is 0 Å². The number of benzene rings is 1. The van der Waals surface area contributed by atoms with Crippen LogP contribution in [0.2, 0.25) is 0 Å². The quantitative estimate of drug-likeness (QED) is 0.801. The Morgan fingerprint density at radius 3 is 2.75 bits per heavy atom. The molecule has 0 spiro atoms. The van der Waals surface area contributed by atoms with E-state index in [0.717, 1.165) is 12.3 Å². The number of methoxy groups -OCH3 is 1. The van der Waals surface area contributed by atoms with Crippen molar-refractivity contribution in [2.24, 2.45) is 0 Å². The van der Waals surface area contributed by atoms with Gasteiger partial charge in [-0.2, -0.15) is 0 Å². The first-order chi connectivity index (χ1) is 7.67. The topological polar surface area (TPSA) is 30.5 Å². The molecule has 0 bridgehead atoms. The Bertz CT molecular complexity index is 326. The van der Waals surface area contributed by atoms with E-state index in [-0.39, 0.29) is 6.10 Å². The maximum Gasteiger partial charge on any atom is 0.124 e. The van der Waals surface area contributed by atoms with Crippen LogP contribution in [0.3, 0.4) is 0 Å². The van der Waals surface area contributed by atoms with Crippen LogP contribution in [0.4, 0.5) is 0 Å². The summed E-state index contributed by atoms with van der Waals surface area (Å²) >= 11 is 0. The number of hydrogen-bond donors (Lipinski definition) is 1. The Morgan fingerprint density at radius 2 is 2.12 bits per heavy atom. The lowest BCUT2D eigenvalue weighted by atomic mass is 10.1. The minimum Gasteiger partial charge on any atom is -0.488 e. The van der Waals surface area contributed by atoms with Gasteiger partial charge in [-0.05, 0) is 27.0 Å². The third-order valence-corrected chi connectivity index (χ3v) is 2.31. The van der Waals surface area contributed by atoms with Crippen LogP contribution < -0.4 is 10.1 Å². The van der Waals surface area contributed by atoms with Crippen molar-refractivity contribution in [3.05, 3.63) is 29.3 Å². The molecular weight excluding hydrogens is 202 g/mol. The Balaban J connectivity index is 2.77. The summed E-state index contributed by atoms with van der Waals surface area (Å²) < 4.78 is 10.9. The van der Waals surface area contributed by atoms with E-state index in [1.54, 1.807) is 7.11 Å². The maximum absolute atomic E-state index is 5.83. The monoisotopic (exact) mass is 223 g/mol. The van der Waals surface area contributed by atoms with Crippen LogP contribution in [-0.4, -0.2) is 26.9 Å². The maximum atomic E-state index is 5.83. The lowest BCUT2D eigenvalue weighted by Gasteiger charge is -2.17. The molecule has 1 aromatic rings. The fraction of sp³-hybridized carbons (Fsp3) is 0.538. The average Bonchev–Trinajstić information content (AvgIpc) is 2.23. The van der Waals surface area contributed by atoms with Crippen molar-refractivity contribution >= 4 is 0 Å². The summed E-state index contributed by atoms with van der Waals surface area (Å²) in [4.78, 5) is 0. The molecule has 0 saturated heterocycles. The molecule has 3 nitrogen and oxygen atoms in total. The fourth-order valence-electron chi connectivity index (χ4n) is 1.64. The second-order valence-electron chi connectivity index (χ2n) is 4.03. The first-order valence-electron chi connectivity index (χ1n) is 5.57. The van der Waals surface area contributed by atoms with Crippen LogP contribution in [0.1, 0.15) is 18.1 Å². The molecule has 0 amide bonds. The second-order valence-corrected chi connectivity index (χ2v) is 4.03. The van der Waals surface area contributed by atoms with Gasteiger partial charge in [0.2, 0.25) is 0 Å². The van der Waals surface area contributed by atoms with Crippen LogP contribution in [0.25, 0.3) is 0 Å². The summed E-state index contributed by atoms with van der Waals surface area (Å²) in [7, 11) is 3.62. The summed E-state index contributed by atoms with van der Waals surface area (Å²) in [6, 6.07) is 6.23. The van der Waals surface area contributed by atoms with Gasteiger partial charge in [-0.3, -0.25) is 0 Å². The molecule has 0 aliphatic carbocycles. The van der Waals surface area contributed by atoms with Gasteiger partial charge in [-0.25, -0.2) is 0 Å². The van der Waals surface area contributed by atoms with Gasteiger partial charge in [0.15, 0.2) is 0 Å². The summed E-state index contributed by atoms with van der Waals surface area (Å²) in [6.45, 7) is 5.51. The zero-order valence-electron chi connectivity index (χ0n) is 10.5. The van der Waals surface area contributed by atoms with Gasteiger partial charge < -0.3 is 14.8 Å². The van der Waals surface area contributed by atoms with Gasteiger partial charge >= 0.3 is 0 Å². The molecule has 0 saturated carbocycles. The average molecular weight is 223 g/mol. The van der Waals surface area contributed by atoms with Gasteiger partial charge in [-0.15, -0.1) is 0 Å². The highest BCUT2D eigenvalue weighted by Crippen LogP contribution is 2.21. The number of aryl methyl sites for hydroxylation is 1. The summed E-state index contributed by atoms with van der Waals surface area (Å²) in [5, 5.41) is 3.15. The van der Waals surface area contributed by atoms with Crippen molar-refractivity contribution < 1.29 is 9.47 Å². The van der Waals surface area contributed by atoms with Gasteiger partial charge in [0.05, 0.1) is 6.61 Å². The largest absolute Gasteiger partial charge is 0.488 e. The molecular formula is C13H21NO2. The molecule has 1 rings (SSSR count). The van der Waals surface area contributed by atoms with Crippen molar-refractivity contribution in [2.75, 3.05) is 20.8 Å². The van der Waals surface area contributed by atoms with Gasteiger partial charge in [0, 0.05) is 19.2 Å². The summed E-state index contributed by atoms with van der Waals surface area (Å²) in [5.74, 6) is 0.935. The molecule has 90 valence electrons. The zero-order valence-corrected chi connectivity index (χ0v) is 10.5. The number of nitrogens with one attached hydrogen (secondary N) is 1. The zero-order chi connectivity index (χ0) is 12.0. The smallest absolute Gasteiger partial charge is 0.124 e. The molecule has 0 aromatic heterocycles. The van der Waals surface area contributed by atoms with E-state index in [2.05, 4.69) is 24.4 Å². The molecule has 0 aliphatic heterocycles. The van der Waals surface area contributed by atoms with Crippen LogP contribution in [-0.2, 0) is 11.3 Å². The summed E-state index contributed by atoms with van der Waals surface area (Å²) in [5.41, 5.74) is 2.43. The molecule has 3 heteroatoms. The van der Waals surface area contributed by atoms with Gasteiger partial charge in [0.1, 0.15) is 11.9 Å².